The van der Waals surface area contributed by atoms with Crippen LogP contribution in [0.3, 0.4) is 0 Å². The van der Waals surface area contributed by atoms with E-state index in [4.69, 9.17) is 0 Å². The van der Waals surface area contributed by atoms with Crippen molar-refractivity contribution >= 4 is 5.78 Å². The van der Waals surface area contributed by atoms with Crippen LogP contribution in [0.2, 0.25) is 0 Å². The predicted octanol–water partition coefficient (Wildman–Crippen LogP) is 4.13. The highest BCUT2D eigenvalue weighted by Gasteiger charge is 2.19. The molecule has 0 atom stereocenters. The van der Waals surface area contributed by atoms with E-state index in [-0.39, 0.29) is 0 Å². The van der Waals surface area contributed by atoms with Crippen molar-refractivity contribution in [2.24, 2.45) is 5.92 Å². The lowest BCUT2D eigenvalue weighted by Gasteiger charge is -2.34. The second-order valence-corrected chi connectivity index (χ2v) is 9.95. The molecule has 0 bridgehead atoms. The SMILES string of the molecule is CC(C)CN1CCc2ccc(C(=O)CCN3CCN(Cc4ccccc4)CC3)cc2CC1. The van der Waals surface area contributed by atoms with Crippen molar-refractivity contribution in [3.63, 3.8) is 0 Å². The summed E-state index contributed by atoms with van der Waals surface area (Å²) >= 11 is 0. The van der Waals surface area contributed by atoms with Crippen LogP contribution in [-0.4, -0.2) is 72.8 Å². The summed E-state index contributed by atoms with van der Waals surface area (Å²) < 4.78 is 0. The number of nitrogens with zero attached hydrogens (tertiary/aromatic N) is 3. The molecular weight excluding hydrogens is 394 g/mol. The normalized spacial score (nSPS) is 18.5. The van der Waals surface area contributed by atoms with E-state index in [1.807, 2.05) is 0 Å². The van der Waals surface area contributed by atoms with E-state index in [1.165, 1.54) is 23.2 Å². The van der Waals surface area contributed by atoms with Gasteiger partial charge in [0, 0.05) is 70.9 Å². The highest BCUT2D eigenvalue weighted by atomic mass is 16.1. The molecule has 2 heterocycles. The smallest absolute Gasteiger partial charge is 0.164 e. The monoisotopic (exact) mass is 433 g/mol. The first kappa shape index (κ1) is 23.2. The van der Waals surface area contributed by atoms with E-state index >= 15 is 0 Å². The molecule has 172 valence electrons. The summed E-state index contributed by atoms with van der Waals surface area (Å²) in [6.07, 6.45) is 2.78. The molecule has 4 nitrogen and oxygen atoms in total. The second-order valence-electron chi connectivity index (χ2n) is 9.95. The average molecular weight is 434 g/mol. The van der Waals surface area contributed by atoms with E-state index in [9.17, 15) is 4.79 Å². The summed E-state index contributed by atoms with van der Waals surface area (Å²) in [4.78, 5) is 20.5. The molecule has 0 radical (unpaired) electrons. The zero-order chi connectivity index (χ0) is 22.3. The Morgan fingerprint density at radius 2 is 1.50 bits per heavy atom. The van der Waals surface area contributed by atoms with Gasteiger partial charge in [-0.1, -0.05) is 56.3 Å². The number of hydrogen-bond donors (Lipinski definition) is 0. The van der Waals surface area contributed by atoms with Crippen LogP contribution >= 0.6 is 0 Å². The number of carbonyl (C=O) groups is 1. The Morgan fingerprint density at radius 3 is 2.22 bits per heavy atom. The number of hydrogen-bond acceptors (Lipinski definition) is 4. The van der Waals surface area contributed by atoms with Crippen molar-refractivity contribution in [2.75, 3.05) is 52.4 Å². The fourth-order valence-corrected chi connectivity index (χ4v) is 5.06. The molecule has 0 amide bonds. The third-order valence-electron chi connectivity index (χ3n) is 6.92. The topological polar surface area (TPSA) is 26.8 Å². The van der Waals surface area contributed by atoms with Gasteiger partial charge in [0.15, 0.2) is 5.78 Å². The maximum atomic E-state index is 12.9. The summed E-state index contributed by atoms with van der Waals surface area (Å²) in [5.74, 6) is 0.997. The molecule has 4 rings (SSSR count). The van der Waals surface area contributed by atoms with Gasteiger partial charge in [0.2, 0.25) is 0 Å². The van der Waals surface area contributed by atoms with Crippen molar-refractivity contribution in [1.82, 2.24) is 14.7 Å². The minimum Gasteiger partial charge on any atom is -0.302 e. The van der Waals surface area contributed by atoms with Crippen LogP contribution in [0, 0.1) is 5.92 Å². The van der Waals surface area contributed by atoms with Gasteiger partial charge < -0.3 is 9.80 Å². The number of ketones is 1. The average Bonchev–Trinajstić information content (AvgIpc) is 3.00. The van der Waals surface area contributed by atoms with Crippen LogP contribution in [0.5, 0.6) is 0 Å². The Morgan fingerprint density at radius 1 is 0.812 bits per heavy atom. The van der Waals surface area contributed by atoms with Crippen molar-refractivity contribution in [2.45, 2.75) is 39.7 Å². The first-order chi connectivity index (χ1) is 15.6. The largest absolute Gasteiger partial charge is 0.302 e. The quantitative estimate of drug-likeness (QED) is 0.585. The van der Waals surface area contributed by atoms with Gasteiger partial charge >= 0.3 is 0 Å². The lowest BCUT2D eigenvalue weighted by atomic mass is 9.97. The molecule has 0 saturated carbocycles. The van der Waals surface area contributed by atoms with Crippen LogP contribution in [0.25, 0.3) is 0 Å². The number of piperazine rings is 1. The molecule has 0 aliphatic carbocycles. The highest BCUT2D eigenvalue weighted by molar-refractivity contribution is 5.96. The second kappa shape index (κ2) is 11.2. The van der Waals surface area contributed by atoms with Crippen LogP contribution in [0.15, 0.2) is 48.5 Å². The fraction of sp³-hybridized carbons (Fsp3) is 0.536. The Kier molecular flexibility index (Phi) is 8.12. The van der Waals surface area contributed by atoms with Gasteiger partial charge in [-0.15, -0.1) is 0 Å². The molecule has 0 unspecified atom stereocenters. The molecule has 0 spiro atoms. The first-order valence-corrected chi connectivity index (χ1v) is 12.4. The third kappa shape index (κ3) is 6.50. The van der Waals surface area contributed by atoms with Crippen LogP contribution in [0.4, 0.5) is 0 Å². The summed E-state index contributed by atoms with van der Waals surface area (Å²) in [5, 5.41) is 0. The summed E-state index contributed by atoms with van der Waals surface area (Å²) in [6, 6.07) is 17.2. The molecule has 1 saturated heterocycles. The fourth-order valence-electron chi connectivity index (χ4n) is 5.06. The Labute approximate surface area is 194 Å². The molecule has 2 aromatic carbocycles. The van der Waals surface area contributed by atoms with Crippen molar-refractivity contribution in [3.8, 4) is 0 Å². The molecule has 2 aliphatic heterocycles. The van der Waals surface area contributed by atoms with E-state index in [0.717, 1.165) is 70.8 Å². The van der Waals surface area contributed by atoms with Crippen LogP contribution in [0.1, 0.15) is 47.3 Å². The highest BCUT2D eigenvalue weighted by Crippen LogP contribution is 2.20. The van der Waals surface area contributed by atoms with Gasteiger partial charge in [-0.05, 0) is 41.5 Å². The number of carbonyl (C=O) groups excluding carboxylic acids is 1. The molecule has 0 aromatic heterocycles. The number of rotatable bonds is 8. The van der Waals surface area contributed by atoms with Gasteiger partial charge in [-0.25, -0.2) is 0 Å². The molecular formula is C28H39N3O. The molecule has 2 aliphatic rings. The Balaban J connectivity index is 1.23. The predicted molar refractivity (Wildman–Crippen MR) is 132 cm³/mol. The van der Waals surface area contributed by atoms with Gasteiger partial charge in [0.1, 0.15) is 0 Å². The minimum atomic E-state index is 0.294. The van der Waals surface area contributed by atoms with E-state index < -0.39 is 0 Å². The Hall–Kier alpha value is -2.01. The summed E-state index contributed by atoms with van der Waals surface area (Å²) in [5.41, 5.74) is 5.11. The lowest BCUT2D eigenvalue weighted by Crippen LogP contribution is -2.46. The summed E-state index contributed by atoms with van der Waals surface area (Å²) in [6.45, 7) is 14.1. The zero-order valence-corrected chi connectivity index (χ0v) is 19.9. The third-order valence-corrected chi connectivity index (χ3v) is 6.92. The minimum absolute atomic E-state index is 0.294. The van der Waals surface area contributed by atoms with E-state index in [0.29, 0.717) is 18.1 Å². The maximum absolute atomic E-state index is 12.9. The Bertz CT molecular complexity index is 872. The molecule has 4 heteroatoms. The molecule has 32 heavy (non-hydrogen) atoms. The van der Waals surface area contributed by atoms with Crippen molar-refractivity contribution in [1.29, 1.82) is 0 Å². The lowest BCUT2D eigenvalue weighted by molar-refractivity contribution is 0.0922. The van der Waals surface area contributed by atoms with Crippen LogP contribution < -0.4 is 0 Å². The van der Waals surface area contributed by atoms with E-state index in [1.54, 1.807) is 0 Å². The first-order valence-electron chi connectivity index (χ1n) is 12.4. The van der Waals surface area contributed by atoms with Crippen molar-refractivity contribution in [3.05, 3.63) is 70.8 Å². The standard InChI is InChI=1S/C28H39N3O/c1-23(2)21-30-13-10-25-8-9-27(20-26(25)11-14-30)28(32)12-15-29-16-18-31(19-17-29)22-24-6-4-3-5-7-24/h3-9,20,23H,10-19,21-22H2,1-2H3. The molecule has 1 fully saturated rings. The van der Waals surface area contributed by atoms with E-state index in [2.05, 4.69) is 77.1 Å². The molecule has 0 N–H and O–H groups in total. The van der Waals surface area contributed by atoms with Gasteiger partial charge in [-0.3, -0.25) is 9.69 Å². The summed E-state index contributed by atoms with van der Waals surface area (Å²) in [7, 11) is 0. The number of benzene rings is 2. The van der Waals surface area contributed by atoms with Crippen LogP contribution in [-0.2, 0) is 19.4 Å². The number of fused-ring (bicyclic) bond motifs is 1. The maximum Gasteiger partial charge on any atom is 0.164 e. The number of Topliss-reactive ketones (excluding diaryl/α,β-unsaturated/α-hetero) is 1. The van der Waals surface area contributed by atoms with Gasteiger partial charge in [-0.2, -0.15) is 0 Å². The van der Waals surface area contributed by atoms with Gasteiger partial charge in [0.25, 0.3) is 0 Å². The van der Waals surface area contributed by atoms with Crippen molar-refractivity contribution < 1.29 is 4.79 Å². The zero-order valence-electron chi connectivity index (χ0n) is 19.9. The van der Waals surface area contributed by atoms with Gasteiger partial charge in [0.05, 0.1) is 0 Å². The molecule has 2 aromatic rings.